The summed E-state index contributed by atoms with van der Waals surface area (Å²) in [5.74, 6) is -1.35. The number of hydrogen-bond donors (Lipinski definition) is 1. The van der Waals surface area contributed by atoms with Crippen molar-refractivity contribution in [2.45, 2.75) is 20.8 Å². The number of carboxylic acid groups (broad SMARTS) is 1. The van der Waals surface area contributed by atoms with Crippen LogP contribution >= 0.6 is 0 Å². The number of methoxy groups -OCH3 is 1. The lowest BCUT2D eigenvalue weighted by atomic mass is 10.1. The fourth-order valence-electron chi connectivity index (χ4n) is 3.20. The number of hydrogen-bond acceptors (Lipinski definition) is 4. The Balaban J connectivity index is 1.94. The second kappa shape index (κ2) is 8.14. The average molecular weight is 390 g/mol. The molecule has 0 aliphatic carbocycles. The topological polar surface area (TPSA) is 80.9 Å². The summed E-state index contributed by atoms with van der Waals surface area (Å²) in [4.78, 5) is 27.3. The van der Waals surface area contributed by atoms with Crippen LogP contribution in [0.3, 0.4) is 0 Å². The highest BCUT2D eigenvalue weighted by Gasteiger charge is 2.11. The summed E-state index contributed by atoms with van der Waals surface area (Å²) in [5.41, 5.74) is 6.09. The highest BCUT2D eigenvalue weighted by atomic mass is 16.5. The Labute approximate surface area is 169 Å². The third-order valence-corrected chi connectivity index (χ3v) is 4.82. The van der Waals surface area contributed by atoms with Gasteiger partial charge in [-0.15, -0.1) is 0 Å². The second-order valence-corrected chi connectivity index (χ2v) is 6.76. The molecular formula is C23H22N2O4. The Hall–Kier alpha value is -3.67. The van der Waals surface area contributed by atoms with Gasteiger partial charge in [0.2, 0.25) is 0 Å². The van der Waals surface area contributed by atoms with E-state index in [9.17, 15) is 14.7 Å². The number of carbonyl (C=O) groups excluding carboxylic acids is 1. The SMILES string of the molecule is COC(=O)c1ccc(-n2c(C)cc(C=Nc3cc(C(=O)O)ccc3C)c2C)cc1. The molecule has 0 spiro atoms. The summed E-state index contributed by atoms with van der Waals surface area (Å²) in [5, 5.41) is 9.18. The Morgan fingerprint density at radius 1 is 1.00 bits per heavy atom. The number of ether oxygens (including phenoxy) is 1. The smallest absolute Gasteiger partial charge is 0.337 e. The number of aryl methyl sites for hydroxylation is 2. The summed E-state index contributed by atoms with van der Waals surface area (Å²) < 4.78 is 6.81. The summed E-state index contributed by atoms with van der Waals surface area (Å²) >= 11 is 0. The van der Waals surface area contributed by atoms with Gasteiger partial charge in [-0.2, -0.15) is 0 Å². The summed E-state index contributed by atoms with van der Waals surface area (Å²) in [6.45, 7) is 5.88. The Kier molecular flexibility index (Phi) is 5.64. The molecule has 0 unspecified atom stereocenters. The molecule has 2 aromatic carbocycles. The van der Waals surface area contributed by atoms with Gasteiger partial charge in [-0.25, -0.2) is 9.59 Å². The van der Waals surface area contributed by atoms with Crippen molar-refractivity contribution < 1.29 is 19.4 Å². The van der Waals surface area contributed by atoms with E-state index in [1.807, 2.05) is 39.0 Å². The number of aliphatic imine (C=N–C) groups is 1. The lowest BCUT2D eigenvalue weighted by molar-refractivity contribution is 0.0600. The van der Waals surface area contributed by atoms with Crippen molar-refractivity contribution in [1.82, 2.24) is 4.57 Å². The minimum absolute atomic E-state index is 0.207. The third kappa shape index (κ3) is 4.11. The van der Waals surface area contributed by atoms with E-state index in [0.717, 1.165) is 28.2 Å². The van der Waals surface area contributed by atoms with E-state index in [1.165, 1.54) is 7.11 Å². The zero-order valence-corrected chi connectivity index (χ0v) is 16.8. The largest absolute Gasteiger partial charge is 0.478 e. The van der Waals surface area contributed by atoms with Gasteiger partial charge in [-0.05, 0) is 68.8 Å². The molecule has 3 aromatic rings. The van der Waals surface area contributed by atoms with Crippen molar-refractivity contribution in [1.29, 1.82) is 0 Å². The van der Waals surface area contributed by atoms with E-state index >= 15 is 0 Å². The number of rotatable bonds is 5. The highest BCUT2D eigenvalue weighted by molar-refractivity contribution is 5.90. The molecular weight excluding hydrogens is 368 g/mol. The lowest BCUT2D eigenvalue weighted by Crippen LogP contribution is -2.03. The Morgan fingerprint density at radius 3 is 2.28 bits per heavy atom. The number of carbonyl (C=O) groups is 2. The molecule has 148 valence electrons. The van der Waals surface area contributed by atoms with Gasteiger partial charge in [0.1, 0.15) is 0 Å². The number of esters is 1. The summed E-state index contributed by atoms with van der Waals surface area (Å²) in [6, 6.07) is 14.1. The first-order valence-electron chi connectivity index (χ1n) is 9.07. The maximum absolute atomic E-state index is 11.6. The standard InChI is InChI=1S/C23H22N2O4/c1-14-5-6-18(22(26)27)12-21(14)24-13-19-11-15(2)25(16(19)3)20-9-7-17(8-10-20)23(28)29-4/h5-13H,1-4H3,(H,26,27). The molecule has 0 fully saturated rings. The van der Waals surface area contributed by atoms with Crippen LogP contribution in [0.1, 0.15) is 43.2 Å². The van der Waals surface area contributed by atoms with Gasteiger partial charge >= 0.3 is 11.9 Å². The van der Waals surface area contributed by atoms with E-state index in [1.54, 1.807) is 36.5 Å². The fraction of sp³-hybridized carbons (Fsp3) is 0.174. The quantitative estimate of drug-likeness (QED) is 0.508. The molecule has 6 heteroatoms. The molecule has 29 heavy (non-hydrogen) atoms. The minimum Gasteiger partial charge on any atom is -0.478 e. The number of aromatic nitrogens is 1. The van der Waals surface area contributed by atoms with Crippen molar-refractivity contribution in [2.75, 3.05) is 7.11 Å². The maximum atomic E-state index is 11.6. The number of aromatic carboxylic acids is 1. The van der Waals surface area contributed by atoms with E-state index < -0.39 is 5.97 Å². The molecule has 1 aromatic heterocycles. The summed E-state index contributed by atoms with van der Waals surface area (Å²) in [6.07, 6.45) is 1.75. The molecule has 0 aliphatic rings. The second-order valence-electron chi connectivity index (χ2n) is 6.76. The van der Waals surface area contributed by atoms with Crippen LogP contribution in [0.5, 0.6) is 0 Å². The van der Waals surface area contributed by atoms with Gasteiger partial charge in [-0.3, -0.25) is 4.99 Å². The zero-order valence-electron chi connectivity index (χ0n) is 16.8. The number of benzene rings is 2. The molecule has 3 rings (SSSR count). The molecule has 0 bridgehead atoms. The Bertz CT molecular complexity index is 1110. The maximum Gasteiger partial charge on any atom is 0.337 e. The molecule has 0 atom stereocenters. The van der Waals surface area contributed by atoms with E-state index in [2.05, 4.69) is 9.56 Å². The normalized spacial score (nSPS) is 11.0. The molecule has 1 N–H and O–H groups in total. The van der Waals surface area contributed by atoms with Gasteiger partial charge in [0.25, 0.3) is 0 Å². The number of nitrogens with zero attached hydrogens (tertiary/aromatic N) is 2. The molecule has 1 heterocycles. The monoisotopic (exact) mass is 390 g/mol. The predicted octanol–water partition coefficient (Wildman–Crippen LogP) is 4.64. The lowest BCUT2D eigenvalue weighted by Gasteiger charge is -2.10. The van der Waals surface area contributed by atoms with Crippen LogP contribution in [0.4, 0.5) is 5.69 Å². The molecule has 0 amide bonds. The molecule has 0 saturated carbocycles. The number of carboxylic acids is 1. The third-order valence-electron chi connectivity index (χ3n) is 4.82. The molecule has 0 aliphatic heterocycles. The van der Waals surface area contributed by atoms with Crippen LogP contribution in [0, 0.1) is 20.8 Å². The van der Waals surface area contributed by atoms with Crippen LogP contribution in [0.25, 0.3) is 5.69 Å². The van der Waals surface area contributed by atoms with Gasteiger partial charge in [0.05, 0.1) is 23.9 Å². The van der Waals surface area contributed by atoms with Gasteiger partial charge in [0.15, 0.2) is 0 Å². The van der Waals surface area contributed by atoms with Crippen molar-refractivity contribution in [3.05, 3.63) is 82.2 Å². The minimum atomic E-state index is -0.977. The van der Waals surface area contributed by atoms with E-state index in [-0.39, 0.29) is 11.5 Å². The van der Waals surface area contributed by atoms with Crippen molar-refractivity contribution in [3.63, 3.8) is 0 Å². The predicted molar refractivity (Wildman–Crippen MR) is 112 cm³/mol. The highest BCUT2D eigenvalue weighted by Crippen LogP contribution is 2.23. The van der Waals surface area contributed by atoms with Gasteiger partial charge in [0, 0.05) is 28.9 Å². The van der Waals surface area contributed by atoms with Crippen LogP contribution < -0.4 is 0 Å². The van der Waals surface area contributed by atoms with E-state index in [4.69, 9.17) is 4.74 Å². The van der Waals surface area contributed by atoms with Crippen LogP contribution in [-0.2, 0) is 4.74 Å². The van der Waals surface area contributed by atoms with Crippen molar-refractivity contribution >= 4 is 23.8 Å². The van der Waals surface area contributed by atoms with Crippen LogP contribution in [0.2, 0.25) is 0 Å². The van der Waals surface area contributed by atoms with Crippen molar-refractivity contribution in [2.24, 2.45) is 4.99 Å². The van der Waals surface area contributed by atoms with Crippen LogP contribution in [-0.4, -0.2) is 34.9 Å². The first-order chi connectivity index (χ1) is 13.8. The molecule has 0 saturated heterocycles. The van der Waals surface area contributed by atoms with Crippen molar-refractivity contribution in [3.8, 4) is 5.69 Å². The average Bonchev–Trinajstić information content (AvgIpc) is 3.00. The van der Waals surface area contributed by atoms with Gasteiger partial charge < -0.3 is 14.4 Å². The summed E-state index contributed by atoms with van der Waals surface area (Å²) in [7, 11) is 1.36. The van der Waals surface area contributed by atoms with E-state index in [0.29, 0.717) is 11.3 Å². The Morgan fingerprint density at radius 2 is 1.66 bits per heavy atom. The van der Waals surface area contributed by atoms with Crippen LogP contribution in [0.15, 0.2) is 53.5 Å². The van der Waals surface area contributed by atoms with Gasteiger partial charge in [-0.1, -0.05) is 6.07 Å². The molecule has 6 nitrogen and oxygen atoms in total. The first kappa shape index (κ1) is 20.1. The zero-order chi connectivity index (χ0) is 21.1. The molecule has 0 radical (unpaired) electrons. The fourth-order valence-corrected chi connectivity index (χ4v) is 3.20. The first-order valence-corrected chi connectivity index (χ1v) is 9.07.